The van der Waals surface area contributed by atoms with Crippen LogP contribution < -0.4 is 0 Å². The predicted octanol–water partition coefficient (Wildman–Crippen LogP) is 3.16. The first-order chi connectivity index (χ1) is 5.18. The van der Waals surface area contributed by atoms with Crippen LogP contribution in [0.5, 0.6) is 0 Å². The van der Waals surface area contributed by atoms with Gasteiger partial charge in [0.15, 0.2) is 0 Å². The molecular weight excluding hydrogens is 132 g/mol. The third kappa shape index (κ3) is 0.962. The lowest BCUT2D eigenvalue weighted by atomic mass is 9.68. The molecule has 11 heavy (non-hydrogen) atoms. The molecule has 3 aliphatic carbocycles. The highest BCUT2D eigenvalue weighted by Gasteiger charge is 2.30. The number of hydrogen-bond acceptors (Lipinski definition) is 0. The fourth-order valence-corrected chi connectivity index (χ4v) is 2.51. The van der Waals surface area contributed by atoms with Gasteiger partial charge >= 0.3 is 0 Å². The van der Waals surface area contributed by atoms with E-state index in [1.165, 1.54) is 6.42 Å². The highest BCUT2D eigenvalue weighted by molar-refractivity contribution is 5.30. The zero-order valence-electron chi connectivity index (χ0n) is 7.59. The summed E-state index contributed by atoms with van der Waals surface area (Å²) in [6.07, 6.45) is 6.30. The van der Waals surface area contributed by atoms with Gasteiger partial charge in [0.2, 0.25) is 0 Å². The van der Waals surface area contributed by atoms with Crippen molar-refractivity contribution >= 4 is 0 Å². The number of allylic oxidation sites excluding steroid dienone is 4. The van der Waals surface area contributed by atoms with Gasteiger partial charge in [0, 0.05) is 5.92 Å². The first kappa shape index (κ1) is 7.15. The van der Waals surface area contributed by atoms with Crippen molar-refractivity contribution in [2.45, 2.75) is 27.2 Å². The summed E-state index contributed by atoms with van der Waals surface area (Å²) in [4.78, 5) is 0. The van der Waals surface area contributed by atoms with Gasteiger partial charge < -0.3 is 0 Å². The van der Waals surface area contributed by atoms with E-state index < -0.39 is 0 Å². The normalized spacial score (nSPS) is 41.9. The summed E-state index contributed by atoms with van der Waals surface area (Å²) in [5, 5.41) is 0. The summed E-state index contributed by atoms with van der Waals surface area (Å²) in [7, 11) is 0. The Balaban J connectivity index is 2.37. The van der Waals surface area contributed by atoms with E-state index in [1.807, 2.05) is 0 Å². The van der Waals surface area contributed by atoms with Crippen molar-refractivity contribution in [3.8, 4) is 0 Å². The Labute approximate surface area is 69.0 Å². The standard InChI is InChI=1S/C11H16/c1-7-6-11-8(2)4-10(7)5-9(11)3/h4,6,9-11H,5H2,1-3H3/t9-,10+,11-/m0/s1. The van der Waals surface area contributed by atoms with E-state index in [0.29, 0.717) is 0 Å². The molecule has 0 saturated heterocycles. The topological polar surface area (TPSA) is 0 Å². The molecular formula is C11H16. The Morgan fingerprint density at radius 1 is 1.18 bits per heavy atom. The van der Waals surface area contributed by atoms with Crippen LogP contribution in [0.3, 0.4) is 0 Å². The molecule has 0 aliphatic heterocycles. The molecule has 0 amide bonds. The second kappa shape index (κ2) is 2.23. The molecule has 0 unspecified atom stereocenters. The van der Waals surface area contributed by atoms with Gasteiger partial charge in [-0.25, -0.2) is 0 Å². The predicted molar refractivity (Wildman–Crippen MR) is 48.3 cm³/mol. The summed E-state index contributed by atoms with van der Waals surface area (Å²) < 4.78 is 0. The average molecular weight is 148 g/mol. The molecule has 2 bridgehead atoms. The third-order valence-electron chi connectivity index (χ3n) is 3.26. The van der Waals surface area contributed by atoms with Gasteiger partial charge in [-0.2, -0.15) is 0 Å². The summed E-state index contributed by atoms with van der Waals surface area (Å²) in [6.45, 7) is 6.92. The fourth-order valence-electron chi connectivity index (χ4n) is 2.51. The molecule has 0 fully saturated rings. The Morgan fingerprint density at radius 3 is 2.36 bits per heavy atom. The second-order valence-electron chi connectivity index (χ2n) is 4.17. The van der Waals surface area contributed by atoms with Gasteiger partial charge in [0.25, 0.3) is 0 Å². The van der Waals surface area contributed by atoms with Crippen molar-refractivity contribution in [3.05, 3.63) is 23.3 Å². The molecule has 0 nitrogen and oxygen atoms in total. The molecule has 3 atom stereocenters. The van der Waals surface area contributed by atoms with Gasteiger partial charge in [0.1, 0.15) is 0 Å². The van der Waals surface area contributed by atoms with Crippen LogP contribution in [0.4, 0.5) is 0 Å². The Kier molecular flexibility index (Phi) is 1.45. The molecule has 60 valence electrons. The van der Waals surface area contributed by atoms with Crippen LogP contribution in [-0.4, -0.2) is 0 Å². The van der Waals surface area contributed by atoms with Crippen molar-refractivity contribution in [1.29, 1.82) is 0 Å². The number of hydrogen-bond donors (Lipinski definition) is 0. The number of rotatable bonds is 0. The zero-order valence-corrected chi connectivity index (χ0v) is 7.59. The minimum absolute atomic E-state index is 0.764. The van der Waals surface area contributed by atoms with Gasteiger partial charge in [-0.3, -0.25) is 0 Å². The highest BCUT2D eigenvalue weighted by Crippen LogP contribution is 2.42. The molecule has 0 aromatic carbocycles. The van der Waals surface area contributed by atoms with Crippen molar-refractivity contribution in [1.82, 2.24) is 0 Å². The van der Waals surface area contributed by atoms with Crippen LogP contribution in [0.25, 0.3) is 0 Å². The Hall–Kier alpha value is -0.520. The van der Waals surface area contributed by atoms with Crippen LogP contribution in [0, 0.1) is 17.8 Å². The van der Waals surface area contributed by atoms with Crippen molar-refractivity contribution in [2.75, 3.05) is 0 Å². The van der Waals surface area contributed by atoms with Gasteiger partial charge in [-0.1, -0.05) is 30.2 Å². The largest absolute Gasteiger partial charge is 0.0778 e. The lowest BCUT2D eigenvalue weighted by molar-refractivity contribution is 0.353. The summed E-state index contributed by atoms with van der Waals surface area (Å²) >= 11 is 0. The van der Waals surface area contributed by atoms with Crippen LogP contribution >= 0.6 is 0 Å². The molecule has 0 N–H and O–H groups in total. The van der Waals surface area contributed by atoms with Gasteiger partial charge in [-0.15, -0.1) is 0 Å². The summed E-state index contributed by atoms with van der Waals surface area (Å²) in [5.41, 5.74) is 3.19. The van der Waals surface area contributed by atoms with Crippen molar-refractivity contribution in [3.63, 3.8) is 0 Å². The maximum Gasteiger partial charge on any atom is 0.000295 e. The fraction of sp³-hybridized carbons (Fsp3) is 0.636. The average Bonchev–Trinajstić information content (AvgIpc) is 1.93. The van der Waals surface area contributed by atoms with E-state index in [9.17, 15) is 0 Å². The monoisotopic (exact) mass is 148 g/mol. The molecule has 0 saturated carbocycles. The second-order valence-corrected chi connectivity index (χ2v) is 4.17. The van der Waals surface area contributed by atoms with E-state index in [2.05, 4.69) is 32.9 Å². The van der Waals surface area contributed by atoms with Crippen LogP contribution in [-0.2, 0) is 0 Å². The zero-order chi connectivity index (χ0) is 8.01. The maximum absolute atomic E-state index is 2.47. The SMILES string of the molecule is CC1=C[C@H]2C(C)=C[C@@H]1C[C@@H]2C. The molecule has 0 aromatic rings. The minimum Gasteiger partial charge on any atom is -0.0778 e. The molecule has 0 spiro atoms. The molecule has 0 radical (unpaired) electrons. The summed E-state index contributed by atoms with van der Waals surface area (Å²) in [5.74, 6) is 2.42. The lowest BCUT2D eigenvalue weighted by Gasteiger charge is -2.37. The molecule has 3 rings (SSSR count). The first-order valence-electron chi connectivity index (χ1n) is 4.55. The van der Waals surface area contributed by atoms with E-state index in [1.54, 1.807) is 11.1 Å². The smallest absolute Gasteiger partial charge is 0.000295 e. The molecule has 0 heterocycles. The first-order valence-corrected chi connectivity index (χ1v) is 4.55. The maximum atomic E-state index is 2.47. The van der Waals surface area contributed by atoms with E-state index in [0.717, 1.165) is 17.8 Å². The molecule has 3 aliphatic rings. The quantitative estimate of drug-likeness (QED) is 0.463. The Bertz CT molecular complexity index is 232. The van der Waals surface area contributed by atoms with E-state index in [4.69, 9.17) is 0 Å². The van der Waals surface area contributed by atoms with Crippen LogP contribution in [0.15, 0.2) is 23.3 Å². The van der Waals surface area contributed by atoms with Crippen LogP contribution in [0.2, 0.25) is 0 Å². The van der Waals surface area contributed by atoms with Gasteiger partial charge in [-0.05, 0) is 32.1 Å². The highest BCUT2D eigenvalue weighted by atomic mass is 14.4. The number of fused-ring (bicyclic) bond motifs is 1. The molecule has 0 aromatic heterocycles. The van der Waals surface area contributed by atoms with E-state index in [-0.39, 0.29) is 0 Å². The van der Waals surface area contributed by atoms with Crippen molar-refractivity contribution in [2.24, 2.45) is 17.8 Å². The van der Waals surface area contributed by atoms with Crippen LogP contribution in [0.1, 0.15) is 27.2 Å². The molecule has 0 heteroatoms. The van der Waals surface area contributed by atoms with Gasteiger partial charge in [0.05, 0.1) is 0 Å². The Morgan fingerprint density at radius 2 is 1.91 bits per heavy atom. The van der Waals surface area contributed by atoms with E-state index >= 15 is 0 Å². The summed E-state index contributed by atoms with van der Waals surface area (Å²) in [6, 6.07) is 0. The third-order valence-corrected chi connectivity index (χ3v) is 3.26. The minimum atomic E-state index is 0.764. The van der Waals surface area contributed by atoms with Crippen molar-refractivity contribution < 1.29 is 0 Å². The lowest BCUT2D eigenvalue weighted by Crippen LogP contribution is -2.26.